The first-order valence-corrected chi connectivity index (χ1v) is 17.9. The predicted molar refractivity (Wildman–Crippen MR) is 179 cm³/mol. The lowest BCUT2D eigenvalue weighted by atomic mass is 10.0. The molecule has 0 radical (unpaired) electrons. The molecule has 0 aliphatic heterocycles. The van der Waals surface area contributed by atoms with Crippen LogP contribution >= 0.6 is 0 Å². The van der Waals surface area contributed by atoms with Gasteiger partial charge in [-0.1, -0.05) is 161 Å². The number of hydrogen-bond donors (Lipinski definition) is 0. The number of rotatable bonds is 31. The summed E-state index contributed by atoms with van der Waals surface area (Å²) in [5, 5.41) is 0. The molecule has 0 aliphatic carbocycles. The fourth-order valence-electron chi connectivity index (χ4n) is 5.32. The first-order chi connectivity index (χ1) is 20.7. The quantitative estimate of drug-likeness (QED) is 0.0376. The Morgan fingerprint density at radius 2 is 0.976 bits per heavy atom. The molecular formula is C38H66O4. The van der Waals surface area contributed by atoms with Gasteiger partial charge in [0.15, 0.2) is 0 Å². The molecule has 0 unspecified atom stereocenters. The summed E-state index contributed by atoms with van der Waals surface area (Å²) in [5.41, 5.74) is 1.30. The summed E-state index contributed by atoms with van der Waals surface area (Å²) in [4.78, 5) is 12.2. The Morgan fingerprint density at radius 1 is 0.548 bits per heavy atom. The SMILES string of the molecule is C=C(Oc1ccc(CCCCCCCCC)cc1)C(=O)OCCOCCCCCCCCCCCCCCCCCC. The molecule has 42 heavy (non-hydrogen) atoms. The maximum atomic E-state index is 12.2. The molecule has 0 aromatic heterocycles. The number of esters is 1. The molecule has 242 valence electrons. The van der Waals surface area contributed by atoms with Crippen molar-refractivity contribution in [3.8, 4) is 5.75 Å². The summed E-state index contributed by atoms with van der Waals surface area (Å²) in [5.74, 6) is 0.0841. The number of aryl methyl sites for hydroxylation is 1. The maximum absolute atomic E-state index is 12.2. The second-order valence-corrected chi connectivity index (χ2v) is 12.1. The highest BCUT2D eigenvalue weighted by Gasteiger charge is 2.11. The van der Waals surface area contributed by atoms with Gasteiger partial charge >= 0.3 is 5.97 Å². The Bertz CT molecular complexity index is 742. The molecule has 0 spiro atoms. The summed E-state index contributed by atoms with van der Waals surface area (Å²) in [6, 6.07) is 7.93. The van der Waals surface area contributed by atoms with Gasteiger partial charge in [0.05, 0.1) is 6.61 Å². The average molecular weight is 587 g/mol. The van der Waals surface area contributed by atoms with Crippen molar-refractivity contribution in [3.05, 3.63) is 42.2 Å². The fraction of sp³-hybridized carbons (Fsp3) is 0.763. The normalized spacial score (nSPS) is 11.1. The molecule has 0 fully saturated rings. The van der Waals surface area contributed by atoms with Crippen LogP contribution < -0.4 is 4.74 Å². The van der Waals surface area contributed by atoms with Crippen LogP contribution in [0.3, 0.4) is 0 Å². The van der Waals surface area contributed by atoms with Gasteiger partial charge in [-0.3, -0.25) is 0 Å². The second kappa shape index (κ2) is 29.3. The molecule has 0 heterocycles. The van der Waals surface area contributed by atoms with Crippen LogP contribution in [0, 0.1) is 0 Å². The highest BCUT2D eigenvalue weighted by atomic mass is 16.6. The van der Waals surface area contributed by atoms with Gasteiger partial charge in [0.2, 0.25) is 5.76 Å². The lowest BCUT2D eigenvalue weighted by molar-refractivity contribution is -0.143. The minimum Gasteiger partial charge on any atom is -0.457 e. The lowest BCUT2D eigenvalue weighted by Crippen LogP contribution is -2.15. The Balaban J connectivity index is 1.89. The van der Waals surface area contributed by atoms with Gasteiger partial charge in [0, 0.05) is 6.61 Å². The minimum absolute atomic E-state index is 0.00707. The van der Waals surface area contributed by atoms with Gasteiger partial charge in [0.25, 0.3) is 0 Å². The van der Waals surface area contributed by atoms with Crippen molar-refractivity contribution in [1.82, 2.24) is 0 Å². The van der Waals surface area contributed by atoms with Gasteiger partial charge in [-0.2, -0.15) is 0 Å². The van der Waals surface area contributed by atoms with Crippen LogP contribution in [0.2, 0.25) is 0 Å². The Morgan fingerprint density at radius 3 is 1.45 bits per heavy atom. The van der Waals surface area contributed by atoms with E-state index in [2.05, 4.69) is 32.6 Å². The molecule has 4 heteroatoms. The fourth-order valence-corrected chi connectivity index (χ4v) is 5.32. The monoisotopic (exact) mass is 586 g/mol. The smallest absolute Gasteiger partial charge is 0.373 e. The van der Waals surface area contributed by atoms with E-state index >= 15 is 0 Å². The minimum atomic E-state index is -0.534. The third kappa shape index (κ3) is 23.7. The van der Waals surface area contributed by atoms with Crippen LogP contribution in [0.5, 0.6) is 5.75 Å². The molecule has 0 atom stereocenters. The van der Waals surface area contributed by atoms with E-state index in [0.29, 0.717) is 12.4 Å². The van der Waals surface area contributed by atoms with Crippen molar-refractivity contribution in [2.45, 2.75) is 168 Å². The van der Waals surface area contributed by atoms with Gasteiger partial charge in [-0.25, -0.2) is 4.79 Å². The summed E-state index contributed by atoms with van der Waals surface area (Å²) >= 11 is 0. The van der Waals surface area contributed by atoms with E-state index in [1.807, 2.05) is 12.1 Å². The van der Waals surface area contributed by atoms with Crippen LogP contribution in [0.1, 0.15) is 167 Å². The summed E-state index contributed by atoms with van der Waals surface area (Å²) in [6.45, 7) is 9.62. The van der Waals surface area contributed by atoms with E-state index in [1.165, 1.54) is 147 Å². The molecule has 0 amide bonds. The zero-order valence-corrected chi connectivity index (χ0v) is 27.7. The summed E-state index contributed by atoms with van der Waals surface area (Å²) in [7, 11) is 0. The van der Waals surface area contributed by atoms with Gasteiger partial charge in [-0.15, -0.1) is 0 Å². The highest BCUT2D eigenvalue weighted by Crippen LogP contribution is 2.18. The van der Waals surface area contributed by atoms with Gasteiger partial charge in [-0.05, 0) is 43.5 Å². The Hall–Kier alpha value is -1.81. The number of unbranched alkanes of at least 4 members (excludes halogenated alkanes) is 21. The molecular weight excluding hydrogens is 520 g/mol. The van der Waals surface area contributed by atoms with Crippen molar-refractivity contribution in [3.63, 3.8) is 0 Å². The second-order valence-electron chi connectivity index (χ2n) is 12.1. The third-order valence-electron chi connectivity index (χ3n) is 8.06. The van der Waals surface area contributed by atoms with E-state index in [9.17, 15) is 4.79 Å². The first kappa shape index (κ1) is 38.2. The molecule has 0 saturated heterocycles. The molecule has 4 nitrogen and oxygen atoms in total. The largest absolute Gasteiger partial charge is 0.457 e. The van der Waals surface area contributed by atoms with Crippen molar-refractivity contribution in [2.24, 2.45) is 0 Å². The summed E-state index contributed by atoms with van der Waals surface area (Å²) in [6.07, 6.45) is 32.1. The van der Waals surface area contributed by atoms with E-state index in [0.717, 1.165) is 19.4 Å². The molecule has 0 aliphatic rings. The first-order valence-electron chi connectivity index (χ1n) is 17.9. The predicted octanol–water partition coefficient (Wildman–Crippen LogP) is 11.7. The maximum Gasteiger partial charge on any atom is 0.373 e. The molecule has 1 aromatic carbocycles. The Labute approximate surface area is 260 Å². The molecule has 1 aromatic rings. The molecule has 0 bridgehead atoms. The van der Waals surface area contributed by atoms with Crippen molar-refractivity contribution in [1.29, 1.82) is 0 Å². The number of carbonyl (C=O) groups is 1. The van der Waals surface area contributed by atoms with Crippen LogP contribution in [0.25, 0.3) is 0 Å². The van der Waals surface area contributed by atoms with E-state index in [1.54, 1.807) is 0 Å². The van der Waals surface area contributed by atoms with Crippen molar-refractivity contribution in [2.75, 3.05) is 19.8 Å². The van der Waals surface area contributed by atoms with Gasteiger partial charge in [0.1, 0.15) is 12.4 Å². The van der Waals surface area contributed by atoms with Crippen molar-refractivity contribution < 1.29 is 19.0 Å². The van der Waals surface area contributed by atoms with E-state index in [4.69, 9.17) is 14.2 Å². The molecule has 0 N–H and O–H groups in total. The zero-order valence-electron chi connectivity index (χ0n) is 27.7. The van der Waals surface area contributed by atoms with Crippen molar-refractivity contribution >= 4 is 5.97 Å². The van der Waals surface area contributed by atoms with E-state index < -0.39 is 5.97 Å². The number of carbonyl (C=O) groups excluding carboxylic acids is 1. The van der Waals surface area contributed by atoms with E-state index in [-0.39, 0.29) is 12.4 Å². The lowest BCUT2D eigenvalue weighted by Gasteiger charge is -2.10. The Kier molecular flexibility index (Phi) is 26.6. The number of hydrogen-bond acceptors (Lipinski definition) is 4. The highest BCUT2D eigenvalue weighted by molar-refractivity contribution is 5.86. The van der Waals surface area contributed by atoms with Crippen LogP contribution in [0.4, 0.5) is 0 Å². The van der Waals surface area contributed by atoms with Gasteiger partial charge < -0.3 is 14.2 Å². The van der Waals surface area contributed by atoms with Crippen LogP contribution in [0.15, 0.2) is 36.6 Å². The molecule has 0 saturated carbocycles. The van der Waals surface area contributed by atoms with Crippen LogP contribution in [-0.2, 0) is 20.7 Å². The number of benzene rings is 1. The standard InChI is InChI=1S/C38H66O4/c1-4-6-8-10-12-13-14-15-16-17-18-19-20-22-24-26-32-40-33-34-41-38(39)35(3)42-37-30-28-36(29-31-37)27-25-23-21-11-9-7-5-2/h28-31H,3-27,32-34H2,1-2H3. The molecule has 1 rings (SSSR count). The summed E-state index contributed by atoms with van der Waals surface area (Å²) < 4.78 is 16.5. The average Bonchev–Trinajstić information content (AvgIpc) is 3.00. The third-order valence-corrected chi connectivity index (χ3v) is 8.06. The topological polar surface area (TPSA) is 44.8 Å². The number of ether oxygens (including phenoxy) is 3. The zero-order chi connectivity index (χ0) is 30.4. The van der Waals surface area contributed by atoms with Crippen LogP contribution in [-0.4, -0.2) is 25.8 Å².